The van der Waals surface area contributed by atoms with Gasteiger partial charge in [0.1, 0.15) is 6.61 Å². The number of carbonyl (C=O) groups is 1. The van der Waals surface area contributed by atoms with Gasteiger partial charge >= 0.3 is 0 Å². The summed E-state index contributed by atoms with van der Waals surface area (Å²) in [5.41, 5.74) is 1.09. The lowest BCUT2D eigenvalue weighted by atomic mass is 10.1. The smallest absolute Gasteiger partial charge is 0.252 e. The van der Waals surface area contributed by atoms with E-state index in [1.165, 1.54) is 6.20 Å². The minimum Gasteiger partial charge on any atom is -0.384 e. The molecule has 0 saturated carbocycles. The van der Waals surface area contributed by atoms with E-state index >= 15 is 0 Å². The molecule has 2 heterocycles. The first-order chi connectivity index (χ1) is 9.79. The van der Waals surface area contributed by atoms with Crippen LogP contribution in [0.1, 0.15) is 35.2 Å². The molecule has 0 radical (unpaired) electrons. The number of aliphatic hydroxyl groups is 1. The Labute approximate surface area is 118 Å². The van der Waals surface area contributed by atoms with Crippen LogP contribution in [0.2, 0.25) is 0 Å². The predicted molar refractivity (Wildman–Crippen MR) is 74.1 cm³/mol. The summed E-state index contributed by atoms with van der Waals surface area (Å²) in [7, 11) is 0. The van der Waals surface area contributed by atoms with Crippen LogP contribution in [0.4, 0.5) is 0 Å². The van der Waals surface area contributed by atoms with Crippen LogP contribution in [0.5, 0.6) is 0 Å². The number of nitrogens with one attached hydrogen (secondary N) is 1. The number of amides is 1. The number of rotatable bonds is 4. The van der Waals surface area contributed by atoms with Crippen LogP contribution in [0.3, 0.4) is 0 Å². The Bertz CT molecular complexity index is 513. The van der Waals surface area contributed by atoms with Crippen molar-refractivity contribution in [1.29, 1.82) is 0 Å². The molecule has 2 N–H and O–H groups in total. The highest BCUT2D eigenvalue weighted by Gasteiger charge is 2.15. The maximum absolute atomic E-state index is 12.0. The summed E-state index contributed by atoms with van der Waals surface area (Å²) in [4.78, 5) is 15.9. The highest BCUT2D eigenvalue weighted by atomic mass is 16.5. The molecule has 20 heavy (non-hydrogen) atoms. The lowest BCUT2D eigenvalue weighted by Gasteiger charge is -2.10. The van der Waals surface area contributed by atoms with Crippen molar-refractivity contribution in [3.8, 4) is 11.8 Å². The van der Waals surface area contributed by atoms with Crippen LogP contribution >= 0.6 is 0 Å². The van der Waals surface area contributed by atoms with Gasteiger partial charge in [0, 0.05) is 31.1 Å². The molecule has 5 nitrogen and oxygen atoms in total. The van der Waals surface area contributed by atoms with Crippen LogP contribution in [-0.4, -0.2) is 41.9 Å². The van der Waals surface area contributed by atoms with Crippen molar-refractivity contribution in [3.05, 3.63) is 29.6 Å². The van der Waals surface area contributed by atoms with Crippen LogP contribution in [0.25, 0.3) is 0 Å². The van der Waals surface area contributed by atoms with Gasteiger partial charge in [-0.15, -0.1) is 0 Å². The summed E-state index contributed by atoms with van der Waals surface area (Å²) in [5, 5.41) is 11.5. The second kappa shape index (κ2) is 7.63. The Balaban J connectivity index is 1.85. The molecular formula is C15H18N2O3. The number of aromatic nitrogens is 1. The lowest BCUT2D eigenvalue weighted by molar-refractivity contribution is 0.0907. The summed E-state index contributed by atoms with van der Waals surface area (Å²) in [5.74, 6) is 5.09. The number of carbonyl (C=O) groups excluding carboxylic acids is 1. The molecule has 1 unspecified atom stereocenters. The minimum atomic E-state index is -0.211. The van der Waals surface area contributed by atoms with Gasteiger partial charge in [-0.2, -0.15) is 0 Å². The molecule has 1 aliphatic heterocycles. The zero-order valence-electron chi connectivity index (χ0n) is 11.3. The normalized spacial score (nSPS) is 17.4. The summed E-state index contributed by atoms with van der Waals surface area (Å²) >= 11 is 0. The molecule has 0 aromatic carbocycles. The fraction of sp³-hybridized carbons (Fsp3) is 0.467. The maximum atomic E-state index is 12.0. The highest BCUT2D eigenvalue weighted by molar-refractivity contribution is 5.94. The minimum absolute atomic E-state index is 0.164. The largest absolute Gasteiger partial charge is 0.384 e. The average Bonchev–Trinajstić information content (AvgIpc) is 2.98. The molecule has 1 aliphatic rings. The van der Waals surface area contributed by atoms with E-state index in [0.29, 0.717) is 17.7 Å². The van der Waals surface area contributed by atoms with E-state index in [-0.39, 0.29) is 18.6 Å². The van der Waals surface area contributed by atoms with Crippen molar-refractivity contribution in [3.63, 3.8) is 0 Å². The van der Waals surface area contributed by atoms with Crippen LogP contribution in [0.15, 0.2) is 18.5 Å². The quantitative estimate of drug-likeness (QED) is 0.794. The van der Waals surface area contributed by atoms with E-state index in [2.05, 4.69) is 22.1 Å². The fourth-order valence-electron chi connectivity index (χ4n) is 2.09. The Morgan fingerprint density at radius 2 is 2.45 bits per heavy atom. The third-order valence-corrected chi connectivity index (χ3v) is 3.09. The summed E-state index contributed by atoms with van der Waals surface area (Å²) in [6, 6.07) is 1.66. The topological polar surface area (TPSA) is 71.5 Å². The SMILES string of the molecule is O=C(NCCC1CCCO1)c1cncc(C#CCO)c1. The number of pyridine rings is 1. The van der Waals surface area contributed by atoms with Gasteiger partial charge in [-0.05, 0) is 25.3 Å². The van der Waals surface area contributed by atoms with Crippen molar-refractivity contribution < 1.29 is 14.6 Å². The molecule has 106 valence electrons. The van der Waals surface area contributed by atoms with Crippen molar-refractivity contribution in [2.24, 2.45) is 0 Å². The Morgan fingerprint density at radius 3 is 3.20 bits per heavy atom. The fourth-order valence-corrected chi connectivity index (χ4v) is 2.09. The van der Waals surface area contributed by atoms with Gasteiger partial charge in [0.2, 0.25) is 0 Å². The Morgan fingerprint density at radius 1 is 1.55 bits per heavy atom. The summed E-state index contributed by atoms with van der Waals surface area (Å²) in [6.45, 7) is 1.21. The van der Waals surface area contributed by atoms with E-state index < -0.39 is 0 Å². The molecule has 0 spiro atoms. The van der Waals surface area contributed by atoms with Gasteiger partial charge in [-0.25, -0.2) is 0 Å². The van der Waals surface area contributed by atoms with Crippen LogP contribution in [0, 0.1) is 11.8 Å². The third kappa shape index (κ3) is 4.34. The molecule has 1 amide bonds. The first kappa shape index (κ1) is 14.5. The van der Waals surface area contributed by atoms with Gasteiger partial charge in [-0.3, -0.25) is 9.78 Å². The average molecular weight is 274 g/mol. The Kier molecular flexibility index (Phi) is 5.54. The van der Waals surface area contributed by atoms with E-state index in [1.54, 1.807) is 12.3 Å². The standard InChI is InChI=1S/C15H18N2O3/c18-7-1-3-12-9-13(11-16-10-12)15(19)17-6-5-14-4-2-8-20-14/h9-11,14,18H,2,4-8H2,(H,17,19). The number of hydrogen-bond donors (Lipinski definition) is 2. The van der Waals surface area contributed by atoms with E-state index in [0.717, 1.165) is 25.9 Å². The second-order valence-corrected chi connectivity index (χ2v) is 4.60. The molecule has 1 atom stereocenters. The predicted octanol–water partition coefficient (Wildman–Crippen LogP) is 0.724. The second-order valence-electron chi connectivity index (χ2n) is 4.60. The first-order valence-corrected chi connectivity index (χ1v) is 6.74. The number of hydrogen-bond acceptors (Lipinski definition) is 4. The third-order valence-electron chi connectivity index (χ3n) is 3.09. The zero-order valence-corrected chi connectivity index (χ0v) is 11.3. The molecule has 1 fully saturated rings. The van der Waals surface area contributed by atoms with Crippen molar-refractivity contribution in [2.45, 2.75) is 25.4 Å². The van der Waals surface area contributed by atoms with Crippen molar-refractivity contribution in [1.82, 2.24) is 10.3 Å². The van der Waals surface area contributed by atoms with Crippen LogP contribution < -0.4 is 5.32 Å². The number of aliphatic hydroxyl groups excluding tert-OH is 1. The van der Waals surface area contributed by atoms with Crippen LogP contribution in [-0.2, 0) is 4.74 Å². The summed E-state index contributed by atoms with van der Waals surface area (Å²) in [6.07, 6.45) is 6.35. The van der Waals surface area contributed by atoms with Gasteiger partial charge in [-0.1, -0.05) is 11.8 Å². The van der Waals surface area contributed by atoms with Crippen molar-refractivity contribution >= 4 is 5.91 Å². The molecule has 0 bridgehead atoms. The maximum Gasteiger partial charge on any atom is 0.252 e. The van der Waals surface area contributed by atoms with Crippen molar-refractivity contribution in [2.75, 3.05) is 19.8 Å². The summed E-state index contributed by atoms with van der Waals surface area (Å²) < 4.78 is 5.50. The zero-order chi connectivity index (χ0) is 14.2. The molecule has 1 aromatic rings. The molecule has 1 aromatic heterocycles. The molecular weight excluding hydrogens is 256 g/mol. The van der Waals surface area contributed by atoms with E-state index in [4.69, 9.17) is 9.84 Å². The molecule has 5 heteroatoms. The van der Waals surface area contributed by atoms with E-state index in [1.807, 2.05) is 0 Å². The highest BCUT2D eigenvalue weighted by Crippen LogP contribution is 2.14. The molecule has 2 rings (SSSR count). The molecule has 0 aliphatic carbocycles. The van der Waals surface area contributed by atoms with Gasteiger partial charge < -0.3 is 15.2 Å². The monoisotopic (exact) mass is 274 g/mol. The number of nitrogens with zero attached hydrogens (tertiary/aromatic N) is 1. The number of ether oxygens (including phenoxy) is 1. The van der Waals surface area contributed by atoms with Gasteiger partial charge in [0.15, 0.2) is 0 Å². The Hall–Kier alpha value is -1.90. The van der Waals surface area contributed by atoms with Gasteiger partial charge in [0.25, 0.3) is 5.91 Å². The lowest BCUT2D eigenvalue weighted by Crippen LogP contribution is -2.27. The first-order valence-electron chi connectivity index (χ1n) is 6.74. The van der Waals surface area contributed by atoms with E-state index in [9.17, 15) is 4.79 Å². The molecule has 1 saturated heterocycles. The van der Waals surface area contributed by atoms with Gasteiger partial charge in [0.05, 0.1) is 11.7 Å².